The fourth-order valence-corrected chi connectivity index (χ4v) is 3.48. The molecule has 0 aliphatic rings. The van der Waals surface area contributed by atoms with E-state index in [4.69, 9.17) is 35.4 Å². The molecule has 1 aromatic heterocycles. The van der Waals surface area contributed by atoms with Gasteiger partial charge in [-0.05, 0) is 54.5 Å². The van der Waals surface area contributed by atoms with E-state index in [1.807, 2.05) is 21.7 Å². The van der Waals surface area contributed by atoms with Crippen molar-refractivity contribution >= 4 is 46.2 Å². The molecule has 0 unspecified atom stereocenters. The summed E-state index contributed by atoms with van der Waals surface area (Å²) < 4.78 is 15.6. The van der Waals surface area contributed by atoms with Crippen molar-refractivity contribution in [2.24, 2.45) is 0 Å². The van der Waals surface area contributed by atoms with E-state index in [0.29, 0.717) is 33.9 Å². The van der Waals surface area contributed by atoms with Crippen LogP contribution < -0.4 is 5.32 Å². The number of hydrogen-bond acceptors (Lipinski definition) is 2. The summed E-state index contributed by atoms with van der Waals surface area (Å²) in [7, 11) is 0. The Labute approximate surface area is 178 Å². The number of benzene rings is 2. The minimum absolute atomic E-state index is 0.268. The fourth-order valence-electron chi connectivity index (χ4n) is 2.76. The van der Waals surface area contributed by atoms with Gasteiger partial charge in [0.05, 0.1) is 17.0 Å². The van der Waals surface area contributed by atoms with Gasteiger partial charge < -0.3 is 14.8 Å². The number of aromatic nitrogens is 2. The largest absolute Gasteiger partial charge is 0.345 e. The maximum Gasteiger partial charge on any atom is 0.173 e. The lowest BCUT2D eigenvalue weighted by atomic mass is 10.2. The Morgan fingerprint density at radius 3 is 2.79 bits per heavy atom. The molecule has 0 aliphatic heterocycles. The molecule has 0 atom stereocenters. The summed E-state index contributed by atoms with van der Waals surface area (Å²) >= 11 is 17.8. The molecule has 0 amide bonds. The van der Waals surface area contributed by atoms with Crippen LogP contribution in [0.15, 0.2) is 61.2 Å². The third kappa shape index (κ3) is 5.92. The first-order valence-corrected chi connectivity index (χ1v) is 9.89. The molecule has 4 nitrogen and oxygen atoms in total. The monoisotopic (exact) mass is 436 g/mol. The van der Waals surface area contributed by atoms with Gasteiger partial charge in [-0.2, -0.15) is 0 Å². The zero-order valence-corrected chi connectivity index (χ0v) is 17.3. The number of nitrogens with one attached hydrogen (secondary N) is 1. The van der Waals surface area contributed by atoms with E-state index < -0.39 is 0 Å². The van der Waals surface area contributed by atoms with Gasteiger partial charge in [0, 0.05) is 37.1 Å². The van der Waals surface area contributed by atoms with Gasteiger partial charge in [0.25, 0.3) is 0 Å². The minimum atomic E-state index is -0.268. The average Bonchev–Trinajstić information content (AvgIpc) is 3.16. The van der Waals surface area contributed by atoms with Crippen LogP contribution in [-0.2, 0) is 13.1 Å². The zero-order valence-electron chi connectivity index (χ0n) is 15.0. The van der Waals surface area contributed by atoms with Crippen LogP contribution in [0.3, 0.4) is 0 Å². The van der Waals surface area contributed by atoms with Crippen molar-refractivity contribution in [2.45, 2.75) is 19.5 Å². The molecule has 1 N–H and O–H groups in total. The van der Waals surface area contributed by atoms with Gasteiger partial charge in [-0.15, -0.1) is 0 Å². The third-order valence-corrected chi connectivity index (χ3v) is 5.03. The number of rotatable bonds is 7. The number of imidazole rings is 1. The van der Waals surface area contributed by atoms with Crippen LogP contribution in [0.4, 0.5) is 10.1 Å². The van der Waals surface area contributed by atoms with Crippen LogP contribution in [0.1, 0.15) is 12.0 Å². The van der Waals surface area contributed by atoms with Crippen LogP contribution >= 0.6 is 35.4 Å². The summed E-state index contributed by atoms with van der Waals surface area (Å²) in [6.07, 6.45) is 6.29. The van der Waals surface area contributed by atoms with Crippen molar-refractivity contribution in [1.29, 1.82) is 0 Å². The molecule has 0 spiro atoms. The highest BCUT2D eigenvalue weighted by atomic mass is 35.5. The first-order chi connectivity index (χ1) is 13.5. The van der Waals surface area contributed by atoms with Crippen molar-refractivity contribution in [1.82, 2.24) is 14.5 Å². The quantitative estimate of drug-likeness (QED) is 0.487. The average molecular weight is 437 g/mol. The van der Waals surface area contributed by atoms with Crippen LogP contribution in [0.2, 0.25) is 10.0 Å². The molecule has 3 rings (SSSR count). The summed E-state index contributed by atoms with van der Waals surface area (Å²) in [5.41, 5.74) is 1.52. The van der Waals surface area contributed by atoms with Gasteiger partial charge in [0.1, 0.15) is 5.82 Å². The fraction of sp³-hybridized carbons (Fsp3) is 0.200. The molecule has 0 radical (unpaired) electrons. The van der Waals surface area contributed by atoms with Gasteiger partial charge >= 0.3 is 0 Å². The summed E-state index contributed by atoms with van der Waals surface area (Å²) in [5, 5.41) is 4.72. The van der Waals surface area contributed by atoms with Crippen molar-refractivity contribution in [2.75, 3.05) is 11.9 Å². The molecular formula is C20H19Cl2FN4S. The van der Waals surface area contributed by atoms with Crippen LogP contribution in [0.5, 0.6) is 0 Å². The first kappa shape index (κ1) is 20.6. The molecule has 0 fully saturated rings. The SMILES string of the molecule is Fc1cccc(CN(CCCn2ccnc2)C(=S)Nc2ccc(Cl)cc2Cl)c1. The zero-order chi connectivity index (χ0) is 19.9. The maximum absolute atomic E-state index is 13.6. The van der Waals surface area contributed by atoms with E-state index in [0.717, 1.165) is 18.5 Å². The van der Waals surface area contributed by atoms with E-state index in [1.54, 1.807) is 36.8 Å². The van der Waals surface area contributed by atoms with Crippen LogP contribution in [0, 0.1) is 5.82 Å². The standard InChI is InChI=1S/C20H19Cl2FN4S/c21-16-5-6-19(18(22)12-16)25-20(28)27(9-2-8-26-10-7-24-14-26)13-15-3-1-4-17(23)11-15/h1,3-7,10-12,14H,2,8-9,13H2,(H,25,28). The summed E-state index contributed by atoms with van der Waals surface area (Å²) in [5.74, 6) is -0.268. The number of thiocarbonyl (C=S) groups is 1. The Morgan fingerprint density at radius 2 is 2.07 bits per heavy atom. The summed E-state index contributed by atoms with van der Waals surface area (Å²) in [4.78, 5) is 6.04. The second-order valence-corrected chi connectivity index (χ2v) is 7.49. The number of nitrogens with zero attached hydrogens (tertiary/aromatic N) is 3. The Kier molecular flexibility index (Phi) is 7.25. The molecule has 0 saturated heterocycles. The van der Waals surface area contributed by atoms with Gasteiger partial charge in [-0.3, -0.25) is 0 Å². The molecule has 0 saturated carbocycles. The normalized spacial score (nSPS) is 10.7. The Bertz CT molecular complexity index is 934. The summed E-state index contributed by atoms with van der Waals surface area (Å²) in [6, 6.07) is 11.7. The van der Waals surface area contributed by atoms with Crippen molar-refractivity contribution in [3.8, 4) is 0 Å². The predicted molar refractivity (Wildman–Crippen MR) is 116 cm³/mol. The van der Waals surface area contributed by atoms with E-state index in [2.05, 4.69) is 10.3 Å². The molecule has 28 heavy (non-hydrogen) atoms. The molecule has 0 aliphatic carbocycles. The first-order valence-electron chi connectivity index (χ1n) is 8.72. The lowest BCUT2D eigenvalue weighted by molar-refractivity contribution is 0.395. The molecular weight excluding hydrogens is 418 g/mol. The Balaban J connectivity index is 1.70. The van der Waals surface area contributed by atoms with Crippen molar-refractivity contribution < 1.29 is 4.39 Å². The Morgan fingerprint density at radius 1 is 1.21 bits per heavy atom. The van der Waals surface area contributed by atoms with Crippen molar-refractivity contribution in [3.05, 3.63) is 82.6 Å². The Hall–Kier alpha value is -2.15. The third-order valence-electron chi connectivity index (χ3n) is 4.13. The number of halogens is 3. The smallest absolute Gasteiger partial charge is 0.173 e. The van der Waals surface area contributed by atoms with E-state index in [9.17, 15) is 4.39 Å². The second kappa shape index (κ2) is 9.87. The topological polar surface area (TPSA) is 33.1 Å². The molecule has 3 aromatic rings. The number of anilines is 1. The predicted octanol–water partition coefficient (Wildman–Crippen LogP) is 5.62. The van der Waals surface area contributed by atoms with Crippen LogP contribution in [0.25, 0.3) is 0 Å². The lowest BCUT2D eigenvalue weighted by Gasteiger charge is -2.26. The van der Waals surface area contributed by atoms with Gasteiger partial charge in [0.15, 0.2) is 5.11 Å². The highest BCUT2D eigenvalue weighted by molar-refractivity contribution is 7.80. The van der Waals surface area contributed by atoms with Gasteiger partial charge in [-0.1, -0.05) is 35.3 Å². The summed E-state index contributed by atoms with van der Waals surface area (Å²) in [6.45, 7) is 1.98. The molecule has 0 bridgehead atoms. The number of hydrogen-bond donors (Lipinski definition) is 1. The molecule has 146 valence electrons. The van der Waals surface area contributed by atoms with Crippen molar-refractivity contribution in [3.63, 3.8) is 0 Å². The second-order valence-electron chi connectivity index (χ2n) is 6.26. The van der Waals surface area contributed by atoms with Gasteiger partial charge in [-0.25, -0.2) is 9.37 Å². The molecule has 1 heterocycles. The minimum Gasteiger partial charge on any atom is -0.345 e. The van der Waals surface area contributed by atoms with E-state index >= 15 is 0 Å². The molecule has 2 aromatic carbocycles. The maximum atomic E-state index is 13.6. The number of aryl methyl sites for hydroxylation is 1. The highest BCUT2D eigenvalue weighted by Gasteiger charge is 2.13. The lowest BCUT2D eigenvalue weighted by Crippen LogP contribution is -2.35. The van der Waals surface area contributed by atoms with Gasteiger partial charge in [0.2, 0.25) is 0 Å². The highest BCUT2D eigenvalue weighted by Crippen LogP contribution is 2.26. The molecule has 8 heteroatoms. The van der Waals surface area contributed by atoms with E-state index in [-0.39, 0.29) is 5.82 Å². The van der Waals surface area contributed by atoms with Crippen LogP contribution in [-0.4, -0.2) is 26.1 Å². The van der Waals surface area contributed by atoms with E-state index in [1.165, 1.54) is 12.1 Å².